The van der Waals surface area contributed by atoms with Gasteiger partial charge in [0.15, 0.2) is 0 Å². The number of hydrogen-bond acceptors (Lipinski definition) is 3. The Labute approximate surface area is 141 Å². The number of hydrogen-bond donors (Lipinski definition) is 0. The molecule has 0 aliphatic carbocycles. The van der Waals surface area contributed by atoms with Crippen molar-refractivity contribution in [1.29, 1.82) is 0 Å². The average molecular weight is 416 g/mol. The van der Waals surface area contributed by atoms with Crippen molar-refractivity contribution in [2.75, 3.05) is 14.2 Å². The molecule has 0 amide bonds. The monoisotopic (exact) mass is 414 g/mol. The SMILES string of the molecule is COc1ccc(CBr)c(OCc2cc(Br)ccc2OC)c1. The Kier molecular flexibility index (Phi) is 5.94. The van der Waals surface area contributed by atoms with Crippen molar-refractivity contribution in [2.45, 2.75) is 11.9 Å². The standard InChI is InChI=1S/C16H16Br2O3/c1-19-14-5-3-11(9-17)16(8-14)21-10-12-7-13(18)4-6-15(12)20-2/h3-8H,9-10H2,1-2H3. The van der Waals surface area contributed by atoms with Crippen molar-refractivity contribution in [3.63, 3.8) is 0 Å². The molecular formula is C16H16Br2O3. The molecule has 3 nitrogen and oxygen atoms in total. The van der Waals surface area contributed by atoms with Gasteiger partial charge < -0.3 is 14.2 Å². The van der Waals surface area contributed by atoms with Gasteiger partial charge in [0, 0.05) is 27.0 Å². The van der Waals surface area contributed by atoms with Gasteiger partial charge in [-0.05, 0) is 24.3 Å². The number of alkyl halides is 1. The molecule has 0 aliphatic rings. The molecule has 0 bridgehead atoms. The molecule has 0 unspecified atom stereocenters. The van der Waals surface area contributed by atoms with Gasteiger partial charge in [-0.15, -0.1) is 0 Å². The maximum atomic E-state index is 5.94. The van der Waals surface area contributed by atoms with Crippen molar-refractivity contribution in [1.82, 2.24) is 0 Å². The Morgan fingerprint density at radius 1 is 0.905 bits per heavy atom. The summed E-state index contributed by atoms with van der Waals surface area (Å²) in [4.78, 5) is 0. The van der Waals surface area contributed by atoms with Gasteiger partial charge in [0.1, 0.15) is 23.9 Å². The largest absolute Gasteiger partial charge is 0.497 e. The highest BCUT2D eigenvalue weighted by molar-refractivity contribution is 9.10. The van der Waals surface area contributed by atoms with Crippen molar-refractivity contribution in [3.05, 3.63) is 52.0 Å². The summed E-state index contributed by atoms with van der Waals surface area (Å²) in [5, 5.41) is 0.724. The zero-order chi connectivity index (χ0) is 15.2. The maximum absolute atomic E-state index is 5.94. The number of rotatable bonds is 6. The molecule has 0 heterocycles. The number of ether oxygens (including phenoxy) is 3. The molecule has 0 radical (unpaired) electrons. The maximum Gasteiger partial charge on any atom is 0.127 e. The minimum absolute atomic E-state index is 0.426. The first kappa shape index (κ1) is 16.2. The lowest BCUT2D eigenvalue weighted by Gasteiger charge is -2.14. The van der Waals surface area contributed by atoms with E-state index in [0.717, 1.165) is 38.2 Å². The van der Waals surface area contributed by atoms with Gasteiger partial charge in [0.2, 0.25) is 0 Å². The van der Waals surface area contributed by atoms with Gasteiger partial charge in [-0.2, -0.15) is 0 Å². The van der Waals surface area contributed by atoms with E-state index in [-0.39, 0.29) is 0 Å². The van der Waals surface area contributed by atoms with Crippen LogP contribution in [0.5, 0.6) is 17.2 Å². The van der Waals surface area contributed by atoms with Crippen molar-refractivity contribution in [3.8, 4) is 17.2 Å². The Morgan fingerprint density at radius 3 is 2.38 bits per heavy atom. The molecule has 0 saturated heterocycles. The molecule has 2 aromatic rings. The molecule has 0 aliphatic heterocycles. The Balaban J connectivity index is 2.21. The lowest BCUT2D eigenvalue weighted by atomic mass is 10.2. The second kappa shape index (κ2) is 7.71. The zero-order valence-electron chi connectivity index (χ0n) is 11.9. The molecule has 0 atom stereocenters. The normalized spacial score (nSPS) is 10.3. The smallest absolute Gasteiger partial charge is 0.127 e. The summed E-state index contributed by atoms with van der Waals surface area (Å²) in [7, 11) is 3.30. The minimum atomic E-state index is 0.426. The molecule has 0 spiro atoms. The molecule has 2 rings (SSSR count). The van der Waals surface area contributed by atoms with E-state index in [1.807, 2.05) is 36.4 Å². The van der Waals surface area contributed by atoms with Crippen LogP contribution < -0.4 is 14.2 Å². The predicted molar refractivity (Wildman–Crippen MR) is 90.7 cm³/mol. The van der Waals surface area contributed by atoms with Gasteiger partial charge in [-0.25, -0.2) is 0 Å². The number of methoxy groups -OCH3 is 2. The van der Waals surface area contributed by atoms with E-state index >= 15 is 0 Å². The third kappa shape index (κ3) is 4.14. The number of halogens is 2. The van der Waals surface area contributed by atoms with E-state index in [2.05, 4.69) is 31.9 Å². The summed E-state index contributed by atoms with van der Waals surface area (Å²) >= 11 is 6.93. The topological polar surface area (TPSA) is 27.7 Å². The quantitative estimate of drug-likeness (QED) is 0.625. The van der Waals surface area contributed by atoms with Gasteiger partial charge in [0.25, 0.3) is 0 Å². The van der Waals surface area contributed by atoms with E-state index in [4.69, 9.17) is 14.2 Å². The molecule has 0 N–H and O–H groups in total. The Bertz CT molecular complexity index is 614. The van der Waals surface area contributed by atoms with Crippen molar-refractivity contribution < 1.29 is 14.2 Å². The summed E-state index contributed by atoms with van der Waals surface area (Å²) in [6.45, 7) is 0.426. The Morgan fingerprint density at radius 2 is 1.71 bits per heavy atom. The summed E-state index contributed by atoms with van der Waals surface area (Å²) in [5.41, 5.74) is 2.06. The second-order valence-corrected chi connectivity index (χ2v) is 5.83. The zero-order valence-corrected chi connectivity index (χ0v) is 15.0. The van der Waals surface area contributed by atoms with Crippen LogP contribution in [0.4, 0.5) is 0 Å². The predicted octanol–water partition coefficient (Wildman–Crippen LogP) is 4.94. The van der Waals surface area contributed by atoms with Crippen LogP contribution >= 0.6 is 31.9 Å². The van der Waals surface area contributed by atoms with Crippen LogP contribution in [-0.4, -0.2) is 14.2 Å². The van der Waals surface area contributed by atoms with Crippen molar-refractivity contribution >= 4 is 31.9 Å². The van der Waals surface area contributed by atoms with Gasteiger partial charge in [-0.1, -0.05) is 37.9 Å². The molecule has 21 heavy (non-hydrogen) atoms. The second-order valence-electron chi connectivity index (χ2n) is 4.35. The molecule has 0 saturated carbocycles. The summed E-state index contributed by atoms with van der Waals surface area (Å²) in [5.74, 6) is 2.38. The molecule has 2 aromatic carbocycles. The lowest BCUT2D eigenvalue weighted by molar-refractivity contribution is 0.292. The minimum Gasteiger partial charge on any atom is -0.497 e. The molecule has 0 aromatic heterocycles. The van der Waals surface area contributed by atoms with Crippen LogP contribution in [-0.2, 0) is 11.9 Å². The first-order chi connectivity index (χ1) is 10.2. The van der Waals surface area contributed by atoms with Crippen LogP contribution in [0, 0.1) is 0 Å². The highest BCUT2D eigenvalue weighted by atomic mass is 79.9. The average Bonchev–Trinajstić information content (AvgIpc) is 2.52. The van der Waals surface area contributed by atoms with E-state index in [0.29, 0.717) is 6.61 Å². The van der Waals surface area contributed by atoms with Gasteiger partial charge in [0.05, 0.1) is 14.2 Å². The number of benzene rings is 2. The first-order valence-electron chi connectivity index (χ1n) is 6.36. The molecule has 5 heteroatoms. The van der Waals surface area contributed by atoms with Gasteiger partial charge in [-0.3, -0.25) is 0 Å². The Hall–Kier alpha value is -1.20. The van der Waals surface area contributed by atoms with Crippen LogP contribution in [0.25, 0.3) is 0 Å². The van der Waals surface area contributed by atoms with Crippen LogP contribution in [0.1, 0.15) is 11.1 Å². The van der Waals surface area contributed by atoms with Gasteiger partial charge >= 0.3 is 0 Å². The summed E-state index contributed by atoms with van der Waals surface area (Å²) in [6, 6.07) is 11.6. The molecular weight excluding hydrogens is 400 g/mol. The van der Waals surface area contributed by atoms with Crippen LogP contribution in [0.3, 0.4) is 0 Å². The highest BCUT2D eigenvalue weighted by Gasteiger charge is 2.08. The van der Waals surface area contributed by atoms with E-state index < -0.39 is 0 Å². The van der Waals surface area contributed by atoms with E-state index in [1.54, 1.807) is 14.2 Å². The van der Waals surface area contributed by atoms with Crippen LogP contribution in [0.2, 0.25) is 0 Å². The summed E-state index contributed by atoms with van der Waals surface area (Å²) < 4.78 is 17.5. The fourth-order valence-corrected chi connectivity index (χ4v) is 2.79. The van der Waals surface area contributed by atoms with Crippen LogP contribution in [0.15, 0.2) is 40.9 Å². The third-order valence-corrected chi connectivity index (χ3v) is 4.14. The fraction of sp³-hybridized carbons (Fsp3) is 0.250. The van der Waals surface area contributed by atoms with E-state index in [9.17, 15) is 0 Å². The third-order valence-electron chi connectivity index (χ3n) is 3.04. The molecule has 112 valence electrons. The first-order valence-corrected chi connectivity index (χ1v) is 8.27. The van der Waals surface area contributed by atoms with E-state index in [1.165, 1.54) is 0 Å². The summed E-state index contributed by atoms with van der Waals surface area (Å²) in [6.07, 6.45) is 0. The van der Waals surface area contributed by atoms with Crippen molar-refractivity contribution in [2.24, 2.45) is 0 Å². The highest BCUT2D eigenvalue weighted by Crippen LogP contribution is 2.29. The molecule has 0 fully saturated rings. The fourth-order valence-electron chi connectivity index (χ4n) is 1.92. The lowest BCUT2D eigenvalue weighted by Crippen LogP contribution is -2.01.